The molecule has 12 heteroatoms. The molecule has 1 unspecified atom stereocenters. The Morgan fingerprint density at radius 3 is 2.79 bits per heavy atom. The van der Waals surface area contributed by atoms with Crippen molar-refractivity contribution in [2.45, 2.75) is 32.0 Å². The highest BCUT2D eigenvalue weighted by atomic mass is 16.2. The first kappa shape index (κ1) is 21.2. The van der Waals surface area contributed by atoms with E-state index in [0.717, 1.165) is 5.56 Å². The van der Waals surface area contributed by atoms with E-state index in [1.165, 1.54) is 34.1 Å². The Bertz CT molecular complexity index is 1390. The van der Waals surface area contributed by atoms with Crippen molar-refractivity contribution in [3.05, 3.63) is 75.5 Å². The number of carbonyl (C=O) groups is 4. The van der Waals surface area contributed by atoms with Crippen LogP contribution in [0, 0.1) is 0 Å². The van der Waals surface area contributed by atoms with Gasteiger partial charge in [0.05, 0.1) is 18.4 Å². The standard InChI is InChI=1S/C22H19N7O5/c30-15-5-6-23-13(7-15)9-24-20(32)17-11-29(27-26-17)14-2-1-12-10-28(22(34)16(12)8-14)18-3-4-19(31)25-21(18)33/h1-2,5-8,11,18H,3-4,9-10H2,(H,23,30)(H,24,32)(H,25,31,33). The van der Waals surface area contributed by atoms with Gasteiger partial charge in [0.25, 0.3) is 11.8 Å². The second-order valence-electron chi connectivity index (χ2n) is 8.02. The molecule has 4 amide bonds. The highest BCUT2D eigenvalue weighted by molar-refractivity contribution is 6.05. The van der Waals surface area contributed by atoms with Gasteiger partial charge in [-0.25, -0.2) is 4.68 Å². The van der Waals surface area contributed by atoms with E-state index in [1.807, 2.05) is 0 Å². The topological polar surface area (TPSA) is 159 Å². The van der Waals surface area contributed by atoms with Crippen molar-refractivity contribution < 1.29 is 19.2 Å². The zero-order valence-corrected chi connectivity index (χ0v) is 17.8. The maximum Gasteiger partial charge on any atom is 0.273 e. The number of pyridine rings is 1. The van der Waals surface area contributed by atoms with Crippen LogP contribution < -0.4 is 16.1 Å². The van der Waals surface area contributed by atoms with E-state index in [4.69, 9.17) is 0 Å². The Kier molecular flexibility index (Phi) is 5.24. The van der Waals surface area contributed by atoms with Crippen LogP contribution in [0.2, 0.25) is 0 Å². The zero-order valence-electron chi connectivity index (χ0n) is 17.8. The van der Waals surface area contributed by atoms with E-state index in [1.54, 1.807) is 18.2 Å². The lowest BCUT2D eigenvalue weighted by Gasteiger charge is -2.29. The number of hydrogen-bond donors (Lipinski definition) is 3. The molecule has 0 bridgehead atoms. The molecule has 2 aromatic heterocycles. The van der Waals surface area contributed by atoms with Gasteiger partial charge in [-0.1, -0.05) is 11.3 Å². The largest absolute Gasteiger partial charge is 0.363 e. The fourth-order valence-electron chi connectivity index (χ4n) is 4.04. The van der Waals surface area contributed by atoms with E-state index < -0.39 is 17.9 Å². The molecule has 4 heterocycles. The molecule has 0 radical (unpaired) electrons. The molecular weight excluding hydrogens is 442 g/mol. The summed E-state index contributed by atoms with van der Waals surface area (Å²) in [5.41, 5.74) is 2.15. The average Bonchev–Trinajstić information content (AvgIpc) is 3.43. The molecule has 12 nitrogen and oxygen atoms in total. The summed E-state index contributed by atoms with van der Waals surface area (Å²) in [5, 5.41) is 12.8. The number of carbonyl (C=O) groups excluding carboxylic acids is 4. The second kappa shape index (κ2) is 8.39. The number of piperidine rings is 1. The lowest BCUT2D eigenvalue weighted by molar-refractivity contribution is -0.136. The monoisotopic (exact) mass is 461 g/mol. The summed E-state index contributed by atoms with van der Waals surface area (Å²) in [5.74, 6) is -1.58. The van der Waals surface area contributed by atoms with Gasteiger partial charge >= 0.3 is 0 Å². The van der Waals surface area contributed by atoms with E-state index in [-0.39, 0.29) is 48.9 Å². The van der Waals surface area contributed by atoms with Gasteiger partial charge in [-0.15, -0.1) is 5.10 Å². The first-order chi connectivity index (χ1) is 16.4. The maximum atomic E-state index is 13.0. The normalized spacial score (nSPS) is 17.5. The van der Waals surface area contributed by atoms with Crippen molar-refractivity contribution in [3.8, 4) is 5.69 Å². The highest BCUT2D eigenvalue weighted by Gasteiger charge is 2.39. The zero-order chi connectivity index (χ0) is 23.8. The Labute approximate surface area is 192 Å². The van der Waals surface area contributed by atoms with Crippen molar-refractivity contribution in [1.82, 2.24) is 35.5 Å². The van der Waals surface area contributed by atoms with Gasteiger partial charge in [0.1, 0.15) is 6.04 Å². The summed E-state index contributed by atoms with van der Waals surface area (Å²) >= 11 is 0. The average molecular weight is 461 g/mol. The minimum Gasteiger partial charge on any atom is -0.363 e. The van der Waals surface area contributed by atoms with E-state index >= 15 is 0 Å². The van der Waals surface area contributed by atoms with E-state index in [2.05, 4.69) is 25.9 Å². The van der Waals surface area contributed by atoms with Gasteiger partial charge in [-0.3, -0.25) is 29.3 Å². The Hall–Kier alpha value is -4.61. The lowest BCUT2D eigenvalue weighted by Crippen LogP contribution is -2.52. The minimum absolute atomic E-state index is 0.0651. The number of aromatic amines is 1. The van der Waals surface area contributed by atoms with Crippen molar-refractivity contribution in [3.63, 3.8) is 0 Å². The quantitative estimate of drug-likeness (QED) is 0.438. The molecule has 3 aromatic rings. The molecule has 34 heavy (non-hydrogen) atoms. The number of nitrogens with zero attached hydrogens (tertiary/aromatic N) is 4. The molecule has 2 aliphatic rings. The van der Waals surface area contributed by atoms with Gasteiger partial charge in [-0.2, -0.15) is 0 Å². The maximum absolute atomic E-state index is 13.0. The molecular formula is C22H19N7O5. The van der Waals surface area contributed by atoms with Crippen LogP contribution in [-0.4, -0.2) is 54.5 Å². The summed E-state index contributed by atoms with van der Waals surface area (Å²) in [6.45, 7) is 0.388. The molecule has 1 aromatic carbocycles. The highest BCUT2D eigenvalue weighted by Crippen LogP contribution is 2.29. The first-order valence-corrected chi connectivity index (χ1v) is 10.5. The van der Waals surface area contributed by atoms with E-state index in [0.29, 0.717) is 16.9 Å². The number of imide groups is 1. The molecule has 5 rings (SSSR count). The minimum atomic E-state index is -0.692. The number of H-pyrrole nitrogens is 1. The molecule has 0 saturated carbocycles. The summed E-state index contributed by atoms with van der Waals surface area (Å²) in [4.78, 5) is 64.8. The molecule has 2 aliphatic heterocycles. The number of hydrogen-bond acceptors (Lipinski definition) is 7. The van der Waals surface area contributed by atoms with Gasteiger partial charge in [0.15, 0.2) is 11.1 Å². The predicted octanol–water partition coefficient (Wildman–Crippen LogP) is -0.353. The molecule has 172 valence electrons. The van der Waals surface area contributed by atoms with Crippen LogP contribution >= 0.6 is 0 Å². The third kappa shape index (κ3) is 3.96. The molecule has 0 aliphatic carbocycles. The summed E-state index contributed by atoms with van der Waals surface area (Å²) in [7, 11) is 0. The number of rotatable bonds is 5. The van der Waals surface area contributed by atoms with Crippen molar-refractivity contribution in [1.29, 1.82) is 0 Å². The van der Waals surface area contributed by atoms with Gasteiger partial charge < -0.3 is 15.2 Å². The second-order valence-corrected chi connectivity index (χ2v) is 8.02. The van der Waals surface area contributed by atoms with Gasteiger partial charge in [0, 0.05) is 42.6 Å². The van der Waals surface area contributed by atoms with Crippen LogP contribution in [0.4, 0.5) is 0 Å². The fourth-order valence-corrected chi connectivity index (χ4v) is 4.04. The Morgan fingerprint density at radius 1 is 1.15 bits per heavy atom. The first-order valence-electron chi connectivity index (χ1n) is 10.5. The lowest BCUT2D eigenvalue weighted by atomic mass is 10.0. The van der Waals surface area contributed by atoms with Crippen molar-refractivity contribution in [2.75, 3.05) is 0 Å². The number of fused-ring (bicyclic) bond motifs is 1. The van der Waals surface area contributed by atoms with Crippen molar-refractivity contribution >= 4 is 23.6 Å². The SMILES string of the molecule is O=C1CCC(N2Cc3ccc(-n4cc(C(=O)NCc5cc(=O)cc[nH]5)nn4)cc3C2=O)C(=O)N1. The smallest absolute Gasteiger partial charge is 0.273 e. The summed E-state index contributed by atoms with van der Waals surface area (Å²) in [6.07, 6.45) is 3.40. The van der Waals surface area contributed by atoms with Crippen LogP contribution in [0.25, 0.3) is 5.69 Å². The predicted molar refractivity (Wildman–Crippen MR) is 116 cm³/mol. The van der Waals surface area contributed by atoms with E-state index in [9.17, 15) is 24.0 Å². The summed E-state index contributed by atoms with van der Waals surface area (Å²) < 4.78 is 1.38. The third-order valence-electron chi connectivity index (χ3n) is 5.77. The number of benzene rings is 1. The fraction of sp³-hybridized carbons (Fsp3) is 0.227. The van der Waals surface area contributed by atoms with Crippen molar-refractivity contribution in [2.24, 2.45) is 0 Å². The van der Waals surface area contributed by atoms with Crippen LogP contribution in [-0.2, 0) is 22.7 Å². The Morgan fingerprint density at radius 2 is 2.00 bits per heavy atom. The van der Waals surface area contributed by atoms with Crippen LogP contribution in [0.1, 0.15) is 44.9 Å². The third-order valence-corrected chi connectivity index (χ3v) is 5.77. The number of aromatic nitrogens is 4. The van der Waals surface area contributed by atoms with Crippen LogP contribution in [0.3, 0.4) is 0 Å². The molecule has 0 spiro atoms. The summed E-state index contributed by atoms with van der Waals surface area (Å²) in [6, 6.07) is 7.21. The van der Waals surface area contributed by atoms with Crippen LogP contribution in [0.15, 0.2) is 47.5 Å². The number of amides is 4. The molecule has 1 atom stereocenters. The molecule has 1 saturated heterocycles. The van der Waals surface area contributed by atoms with Gasteiger partial charge in [0.2, 0.25) is 11.8 Å². The number of nitrogens with one attached hydrogen (secondary N) is 3. The molecule has 1 fully saturated rings. The van der Waals surface area contributed by atoms with Crippen LogP contribution in [0.5, 0.6) is 0 Å². The van der Waals surface area contributed by atoms with Gasteiger partial charge in [-0.05, 0) is 24.1 Å². The Balaban J connectivity index is 1.30. The molecule has 3 N–H and O–H groups in total.